The van der Waals surface area contributed by atoms with E-state index < -0.39 is 0 Å². The molecule has 1 N–H and O–H groups in total. The largest absolute Gasteiger partial charge is 0.486 e. The van der Waals surface area contributed by atoms with Crippen LogP contribution >= 0.6 is 28.1 Å². The average Bonchev–Trinajstić information content (AvgIpc) is 3.18. The molecule has 0 spiro atoms. The highest BCUT2D eigenvalue weighted by Gasteiger charge is 2.15. The molecule has 5 aromatic rings. The summed E-state index contributed by atoms with van der Waals surface area (Å²) in [6, 6.07) is 31.4. The summed E-state index contributed by atoms with van der Waals surface area (Å²) in [7, 11) is 0. The monoisotopic (exact) mass is 558 g/mol. The van der Waals surface area contributed by atoms with E-state index in [0.717, 1.165) is 32.2 Å². The summed E-state index contributed by atoms with van der Waals surface area (Å²) >= 11 is 9.18. The van der Waals surface area contributed by atoms with Crippen LogP contribution < -0.4 is 10.1 Å². The Morgan fingerprint density at radius 2 is 1.64 bits per heavy atom. The van der Waals surface area contributed by atoms with Gasteiger partial charge in [0.2, 0.25) is 5.91 Å². The van der Waals surface area contributed by atoms with Crippen LogP contribution in [0.3, 0.4) is 0 Å². The zero-order valence-electron chi connectivity index (χ0n) is 19.3. The Hall–Kier alpha value is -3.75. The maximum Gasteiger partial charge on any atom is 0.246 e. The molecule has 8 heteroatoms. The number of carbonyl (C=O) groups is 1. The Morgan fingerprint density at radius 3 is 2.44 bits per heavy atom. The highest BCUT2D eigenvalue weighted by Crippen LogP contribution is 2.23. The van der Waals surface area contributed by atoms with Crippen LogP contribution in [-0.2, 0) is 24.5 Å². The lowest BCUT2D eigenvalue weighted by molar-refractivity contribution is -0.116. The van der Waals surface area contributed by atoms with Gasteiger partial charge in [0.15, 0.2) is 10.6 Å². The first-order chi connectivity index (χ1) is 17.6. The third-order valence-corrected chi connectivity index (χ3v) is 6.68. The molecule has 0 aliphatic carbocycles. The number of aromatic nitrogens is 3. The van der Waals surface area contributed by atoms with Crippen molar-refractivity contribution in [2.24, 2.45) is 0 Å². The first-order valence-electron chi connectivity index (χ1n) is 11.4. The predicted octanol–water partition coefficient (Wildman–Crippen LogP) is 6.60. The van der Waals surface area contributed by atoms with E-state index in [9.17, 15) is 4.79 Å². The highest BCUT2D eigenvalue weighted by molar-refractivity contribution is 9.10. The number of hydrogen-bond acceptors (Lipinski definition) is 4. The van der Waals surface area contributed by atoms with Gasteiger partial charge in [0.1, 0.15) is 18.9 Å². The molecule has 0 fully saturated rings. The van der Waals surface area contributed by atoms with E-state index in [1.165, 1.54) is 0 Å². The highest BCUT2D eigenvalue weighted by atomic mass is 79.9. The number of nitrogens with zero attached hydrogens (tertiary/aromatic N) is 3. The van der Waals surface area contributed by atoms with Gasteiger partial charge in [-0.25, -0.2) is 4.68 Å². The van der Waals surface area contributed by atoms with E-state index in [1.807, 2.05) is 102 Å². The van der Waals surface area contributed by atoms with Crippen LogP contribution in [0.5, 0.6) is 5.75 Å². The molecule has 4 aromatic carbocycles. The van der Waals surface area contributed by atoms with E-state index >= 15 is 0 Å². The zero-order valence-corrected chi connectivity index (χ0v) is 21.7. The standard InChI is InChI=1S/C28H23BrN4O2S/c29-22-13-15-23(16-14-22)35-19-26-31-33(28(36)32(26)17-20-7-2-1-3-8-20)18-27(34)30-25-12-6-10-21-9-4-5-11-24(21)25/h1-16H,17-19H2,(H,30,34). The van der Waals surface area contributed by atoms with Gasteiger partial charge in [-0.05, 0) is 53.5 Å². The van der Waals surface area contributed by atoms with E-state index in [0.29, 0.717) is 17.1 Å². The van der Waals surface area contributed by atoms with E-state index in [2.05, 4.69) is 26.3 Å². The first-order valence-corrected chi connectivity index (χ1v) is 12.6. The smallest absolute Gasteiger partial charge is 0.246 e. The van der Waals surface area contributed by atoms with Crippen LogP contribution in [0.1, 0.15) is 11.4 Å². The van der Waals surface area contributed by atoms with Gasteiger partial charge < -0.3 is 10.1 Å². The molecule has 180 valence electrons. The average molecular weight is 559 g/mol. The van der Waals surface area contributed by atoms with Gasteiger partial charge >= 0.3 is 0 Å². The van der Waals surface area contributed by atoms with Gasteiger partial charge in [0.25, 0.3) is 0 Å². The van der Waals surface area contributed by atoms with Crippen LogP contribution in [0.2, 0.25) is 0 Å². The fourth-order valence-electron chi connectivity index (χ4n) is 3.96. The molecule has 5 rings (SSSR count). The number of rotatable bonds is 8. The van der Waals surface area contributed by atoms with E-state index in [-0.39, 0.29) is 19.1 Å². The maximum absolute atomic E-state index is 13.0. The molecular formula is C28H23BrN4O2S. The summed E-state index contributed by atoms with van der Waals surface area (Å²) in [5.41, 5.74) is 1.84. The molecule has 0 bridgehead atoms. The summed E-state index contributed by atoms with van der Waals surface area (Å²) in [5, 5.41) is 9.72. The van der Waals surface area contributed by atoms with Crippen molar-refractivity contribution in [1.29, 1.82) is 0 Å². The van der Waals surface area contributed by atoms with Crippen LogP contribution in [0.15, 0.2) is 102 Å². The minimum absolute atomic E-state index is 0.00483. The number of anilines is 1. The first kappa shape index (κ1) is 24.0. The molecule has 0 saturated carbocycles. The molecule has 1 aromatic heterocycles. The van der Waals surface area contributed by atoms with Crippen molar-refractivity contribution in [3.8, 4) is 5.75 Å². The Morgan fingerprint density at radius 1 is 0.917 bits per heavy atom. The summed E-state index contributed by atoms with van der Waals surface area (Å²) in [6.07, 6.45) is 0. The predicted molar refractivity (Wildman–Crippen MR) is 148 cm³/mol. The topological polar surface area (TPSA) is 61.1 Å². The van der Waals surface area contributed by atoms with Gasteiger partial charge in [-0.15, -0.1) is 0 Å². The van der Waals surface area contributed by atoms with Crippen molar-refractivity contribution in [2.75, 3.05) is 5.32 Å². The number of hydrogen-bond donors (Lipinski definition) is 1. The quantitative estimate of drug-likeness (QED) is 0.218. The number of nitrogens with one attached hydrogen (secondary N) is 1. The molecule has 0 saturated heterocycles. The molecule has 0 atom stereocenters. The number of fused-ring (bicyclic) bond motifs is 1. The van der Waals surface area contributed by atoms with Crippen molar-refractivity contribution in [3.05, 3.63) is 118 Å². The van der Waals surface area contributed by atoms with Crippen molar-refractivity contribution in [3.63, 3.8) is 0 Å². The third kappa shape index (κ3) is 5.56. The van der Waals surface area contributed by atoms with Crippen molar-refractivity contribution >= 4 is 50.5 Å². The van der Waals surface area contributed by atoms with Crippen LogP contribution in [-0.4, -0.2) is 20.3 Å². The van der Waals surface area contributed by atoms with E-state index in [1.54, 1.807) is 4.68 Å². The van der Waals surface area contributed by atoms with Gasteiger partial charge in [0.05, 0.1) is 6.54 Å². The van der Waals surface area contributed by atoms with Gasteiger partial charge in [0, 0.05) is 15.5 Å². The molecule has 1 amide bonds. The number of amides is 1. The van der Waals surface area contributed by atoms with Crippen molar-refractivity contribution in [2.45, 2.75) is 19.7 Å². The number of halogens is 1. The fraction of sp³-hybridized carbons (Fsp3) is 0.107. The number of ether oxygens (including phenoxy) is 1. The van der Waals surface area contributed by atoms with Crippen molar-refractivity contribution < 1.29 is 9.53 Å². The molecule has 6 nitrogen and oxygen atoms in total. The second-order valence-corrected chi connectivity index (χ2v) is 9.53. The second kappa shape index (κ2) is 10.9. The van der Waals surface area contributed by atoms with Crippen LogP contribution in [0.25, 0.3) is 10.8 Å². The summed E-state index contributed by atoms with van der Waals surface area (Å²) in [6.45, 7) is 0.745. The normalized spacial score (nSPS) is 10.9. The van der Waals surface area contributed by atoms with Gasteiger partial charge in [-0.2, -0.15) is 5.10 Å². The van der Waals surface area contributed by atoms with Crippen molar-refractivity contribution in [1.82, 2.24) is 14.3 Å². The lowest BCUT2D eigenvalue weighted by Crippen LogP contribution is -2.20. The maximum atomic E-state index is 13.0. The van der Waals surface area contributed by atoms with Gasteiger partial charge in [-0.3, -0.25) is 9.36 Å². The number of benzene rings is 4. The molecule has 0 aliphatic rings. The minimum Gasteiger partial charge on any atom is -0.486 e. The second-order valence-electron chi connectivity index (χ2n) is 8.25. The Labute approximate surface area is 222 Å². The SMILES string of the molecule is O=C(Cn1nc(COc2ccc(Br)cc2)n(Cc2ccccc2)c1=S)Nc1cccc2ccccc12. The van der Waals surface area contributed by atoms with Crippen LogP contribution in [0.4, 0.5) is 5.69 Å². The molecule has 0 unspecified atom stereocenters. The lowest BCUT2D eigenvalue weighted by Gasteiger charge is -2.09. The molecule has 36 heavy (non-hydrogen) atoms. The van der Waals surface area contributed by atoms with Crippen LogP contribution in [0, 0.1) is 4.77 Å². The summed E-state index contributed by atoms with van der Waals surface area (Å²) < 4.78 is 10.9. The minimum atomic E-state index is -0.202. The zero-order chi connectivity index (χ0) is 24.9. The number of carbonyl (C=O) groups excluding carboxylic acids is 1. The fourth-order valence-corrected chi connectivity index (χ4v) is 4.50. The summed E-state index contributed by atoms with van der Waals surface area (Å²) in [4.78, 5) is 13.0. The summed E-state index contributed by atoms with van der Waals surface area (Å²) in [5.74, 6) is 1.16. The molecule has 1 heterocycles. The molecule has 0 aliphatic heterocycles. The lowest BCUT2D eigenvalue weighted by atomic mass is 10.1. The van der Waals surface area contributed by atoms with Gasteiger partial charge in [-0.1, -0.05) is 82.7 Å². The Bertz CT molecular complexity index is 1560. The Balaban J connectivity index is 1.39. The Kier molecular flexibility index (Phi) is 7.25. The molecule has 0 radical (unpaired) electrons. The molecular weight excluding hydrogens is 536 g/mol. The third-order valence-electron chi connectivity index (χ3n) is 5.72. The van der Waals surface area contributed by atoms with E-state index in [4.69, 9.17) is 17.0 Å².